The highest BCUT2D eigenvalue weighted by Gasteiger charge is 2.11. The highest BCUT2D eigenvalue weighted by atomic mass is 35.5. The van der Waals surface area contributed by atoms with E-state index in [1.165, 1.54) is 37.6 Å². The third-order valence-corrected chi connectivity index (χ3v) is 5.00. The van der Waals surface area contributed by atoms with Crippen molar-refractivity contribution < 1.29 is 4.79 Å². The molecule has 0 unspecified atom stereocenters. The van der Waals surface area contributed by atoms with Gasteiger partial charge in [0.2, 0.25) is 5.91 Å². The second kappa shape index (κ2) is 9.22. The Morgan fingerprint density at radius 1 is 1.08 bits per heavy atom. The maximum absolute atomic E-state index is 12.1. The van der Waals surface area contributed by atoms with Gasteiger partial charge in [-0.15, -0.1) is 0 Å². The molecule has 1 heterocycles. The van der Waals surface area contributed by atoms with Crippen molar-refractivity contribution in [1.82, 2.24) is 10.2 Å². The highest BCUT2D eigenvalue weighted by Crippen LogP contribution is 2.22. The highest BCUT2D eigenvalue weighted by molar-refractivity contribution is 6.35. The van der Waals surface area contributed by atoms with Gasteiger partial charge in [0.25, 0.3) is 0 Å². The summed E-state index contributed by atoms with van der Waals surface area (Å²) in [6.07, 6.45) is 5.76. The molecule has 1 N–H and O–H groups in total. The van der Waals surface area contributed by atoms with Crippen LogP contribution in [0.15, 0.2) is 48.5 Å². The van der Waals surface area contributed by atoms with Crippen LogP contribution >= 0.6 is 23.2 Å². The molecule has 0 saturated carbocycles. The molecule has 0 aromatic heterocycles. The van der Waals surface area contributed by atoms with Gasteiger partial charge in [-0.25, -0.2) is 0 Å². The van der Waals surface area contributed by atoms with E-state index >= 15 is 0 Å². The molecular formula is C21H22Cl2N2O. The Labute approximate surface area is 164 Å². The number of likely N-dealkylation sites (tertiary alicyclic amines) is 1. The van der Waals surface area contributed by atoms with Crippen LogP contribution in [0.3, 0.4) is 0 Å². The average molecular weight is 389 g/mol. The predicted molar refractivity (Wildman–Crippen MR) is 108 cm³/mol. The van der Waals surface area contributed by atoms with Gasteiger partial charge in [0.05, 0.1) is 0 Å². The summed E-state index contributed by atoms with van der Waals surface area (Å²) in [6.45, 7) is 3.85. The van der Waals surface area contributed by atoms with E-state index in [1.54, 1.807) is 24.3 Å². The quantitative estimate of drug-likeness (QED) is 0.712. The first-order valence-corrected chi connectivity index (χ1v) is 9.57. The summed E-state index contributed by atoms with van der Waals surface area (Å²) >= 11 is 12.0. The van der Waals surface area contributed by atoms with Crippen molar-refractivity contribution in [2.24, 2.45) is 0 Å². The van der Waals surface area contributed by atoms with Crippen molar-refractivity contribution in [3.8, 4) is 0 Å². The van der Waals surface area contributed by atoms with Gasteiger partial charge < -0.3 is 5.32 Å². The van der Waals surface area contributed by atoms with Crippen LogP contribution in [-0.4, -0.2) is 23.9 Å². The molecule has 1 fully saturated rings. The Balaban J connectivity index is 1.53. The third-order valence-electron chi connectivity index (χ3n) is 4.44. The lowest BCUT2D eigenvalue weighted by atomic mass is 10.1. The largest absolute Gasteiger partial charge is 0.348 e. The van der Waals surface area contributed by atoms with Gasteiger partial charge in [-0.2, -0.15) is 0 Å². The Kier molecular flexibility index (Phi) is 6.73. The van der Waals surface area contributed by atoms with Crippen molar-refractivity contribution in [1.29, 1.82) is 0 Å². The van der Waals surface area contributed by atoms with Crippen LogP contribution in [0.2, 0.25) is 10.0 Å². The molecule has 1 aliphatic heterocycles. The Morgan fingerprint density at radius 2 is 1.85 bits per heavy atom. The fourth-order valence-corrected chi connectivity index (χ4v) is 3.56. The van der Waals surface area contributed by atoms with Crippen LogP contribution in [0.4, 0.5) is 0 Å². The molecule has 26 heavy (non-hydrogen) atoms. The first kappa shape index (κ1) is 19.0. The zero-order valence-corrected chi connectivity index (χ0v) is 16.1. The fourth-order valence-electron chi connectivity index (χ4n) is 3.09. The van der Waals surface area contributed by atoms with Gasteiger partial charge in [0, 0.05) is 29.2 Å². The van der Waals surface area contributed by atoms with E-state index < -0.39 is 0 Å². The van der Waals surface area contributed by atoms with Crippen LogP contribution in [-0.2, 0) is 17.9 Å². The molecule has 3 nitrogen and oxygen atoms in total. The fraction of sp³-hybridized carbons (Fsp3) is 0.286. The molecule has 0 radical (unpaired) electrons. The van der Waals surface area contributed by atoms with Gasteiger partial charge in [-0.3, -0.25) is 9.69 Å². The predicted octanol–water partition coefficient (Wildman–Crippen LogP) is 4.92. The van der Waals surface area contributed by atoms with Crippen molar-refractivity contribution in [2.75, 3.05) is 13.1 Å². The molecule has 2 aromatic rings. The lowest BCUT2D eigenvalue weighted by Crippen LogP contribution is -2.21. The standard InChI is InChI=1S/C21H22Cl2N2O/c22-19-8-6-18(20(23)13-19)7-9-21(26)24-14-16-4-3-5-17(12-16)15-25-10-1-2-11-25/h3-9,12-13H,1-2,10-11,14-15H2,(H,24,26)/b9-7+. The molecule has 2 aromatic carbocycles. The van der Waals surface area contributed by atoms with Crippen molar-refractivity contribution >= 4 is 35.2 Å². The summed E-state index contributed by atoms with van der Waals surface area (Å²) in [4.78, 5) is 14.5. The number of rotatable bonds is 6. The van der Waals surface area contributed by atoms with Gasteiger partial charge in [0.1, 0.15) is 0 Å². The zero-order chi connectivity index (χ0) is 18.4. The van der Waals surface area contributed by atoms with Gasteiger partial charge in [-0.05, 0) is 60.8 Å². The van der Waals surface area contributed by atoms with Crippen LogP contribution < -0.4 is 5.32 Å². The minimum absolute atomic E-state index is 0.152. The normalized spacial score (nSPS) is 14.8. The first-order valence-electron chi connectivity index (χ1n) is 8.81. The van der Waals surface area contributed by atoms with Gasteiger partial charge >= 0.3 is 0 Å². The van der Waals surface area contributed by atoms with E-state index in [0.29, 0.717) is 16.6 Å². The van der Waals surface area contributed by atoms with Crippen molar-refractivity contribution in [3.05, 3.63) is 75.3 Å². The maximum Gasteiger partial charge on any atom is 0.244 e. The van der Waals surface area contributed by atoms with Crippen molar-refractivity contribution in [2.45, 2.75) is 25.9 Å². The average Bonchev–Trinajstić information content (AvgIpc) is 3.12. The molecule has 0 atom stereocenters. The number of hydrogen-bond donors (Lipinski definition) is 1. The second-order valence-corrected chi connectivity index (χ2v) is 7.36. The summed E-state index contributed by atoms with van der Waals surface area (Å²) in [5.41, 5.74) is 3.16. The zero-order valence-electron chi connectivity index (χ0n) is 14.6. The summed E-state index contributed by atoms with van der Waals surface area (Å²) in [6, 6.07) is 13.6. The van der Waals surface area contributed by atoms with Crippen LogP contribution in [0.5, 0.6) is 0 Å². The maximum atomic E-state index is 12.1. The third kappa shape index (κ3) is 5.60. The smallest absolute Gasteiger partial charge is 0.244 e. The van der Waals surface area contributed by atoms with E-state index in [0.717, 1.165) is 17.7 Å². The molecule has 1 amide bonds. The minimum Gasteiger partial charge on any atom is -0.348 e. The first-order chi connectivity index (χ1) is 12.6. The molecule has 0 bridgehead atoms. The van der Waals surface area contributed by atoms with E-state index in [2.05, 4.69) is 28.4 Å². The van der Waals surface area contributed by atoms with Crippen molar-refractivity contribution in [3.63, 3.8) is 0 Å². The molecule has 1 saturated heterocycles. The molecular weight excluding hydrogens is 367 g/mol. The van der Waals surface area contributed by atoms with Gasteiger partial charge in [0.15, 0.2) is 0 Å². The van der Waals surface area contributed by atoms with Crippen LogP contribution in [0.25, 0.3) is 6.08 Å². The molecule has 0 aliphatic carbocycles. The molecule has 1 aliphatic rings. The number of amides is 1. The SMILES string of the molecule is O=C(/C=C/c1ccc(Cl)cc1Cl)NCc1cccc(CN2CCCC2)c1. The number of benzene rings is 2. The Morgan fingerprint density at radius 3 is 2.62 bits per heavy atom. The topological polar surface area (TPSA) is 32.3 Å². The monoisotopic (exact) mass is 388 g/mol. The molecule has 5 heteroatoms. The lowest BCUT2D eigenvalue weighted by Gasteiger charge is -2.15. The summed E-state index contributed by atoms with van der Waals surface area (Å²) < 4.78 is 0. The molecule has 3 rings (SSSR count). The number of hydrogen-bond acceptors (Lipinski definition) is 2. The van der Waals surface area contributed by atoms with E-state index in [1.807, 2.05) is 6.07 Å². The number of nitrogens with zero attached hydrogens (tertiary/aromatic N) is 1. The Bertz CT molecular complexity index is 798. The van der Waals surface area contributed by atoms with Crippen LogP contribution in [0, 0.1) is 0 Å². The van der Waals surface area contributed by atoms with Crippen LogP contribution in [0.1, 0.15) is 29.5 Å². The number of nitrogens with one attached hydrogen (secondary N) is 1. The number of carbonyl (C=O) groups excluding carboxylic acids is 1. The number of halogens is 2. The Hall–Kier alpha value is -1.81. The number of carbonyl (C=O) groups is 1. The molecule has 0 spiro atoms. The second-order valence-electron chi connectivity index (χ2n) is 6.52. The minimum atomic E-state index is -0.152. The summed E-state index contributed by atoms with van der Waals surface area (Å²) in [5.74, 6) is -0.152. The molecule has 136 valence electrons. The van der Waals surface area contributed by atoms with E-state index in [-0.39, 0.29) is 5.91 Å². The lowest BCUT2D eigenvalue weighted by molar-refractivity contribution is -0.116. The summed E-state index contributed by atoms with van der Waals surface area (Å²) in [7, 11) is 0. The summed E-state index contributed by atoms with van der Waals surface area (Å²) in [5, 5.41) is 4.01. The van der Waals surface area contributed by atoms with Gasteiger partial charge in [-0.1, -0.05) is 53.5 Å². The van der Waals surface area contributed by atoms with E-state index in [4.69, 9.17) is 23.2 Å². The van der Waals surface area contributed by atoms with E-state index in [9.17, 15) is 4.79 Å².